The number of amides is 1. The fraction of sp³-hybridized carbons (Fsp3) is 0.533. The molecule has 0 bridgehead atoms. The van der Waals surface area contributed by atoms with Gasteiger partial charge in [0.15, 0.2) is 0 Å². The van der Waals surface area contributed by atoms with Crippen LogP contribution in [0.15, 0.2) is 18.2 Å². The van der Waals surface area contributed by atoms with Crippen LogP contribution in [0.25, 0.3) is 0 Å². The third-order valence-electron chi connectivity index (χ3n) is 3.69. The molecule has 0 spiro atoms. The number of halogens is 2. The van der Waals surface area contributed by atoms with Crippen LogP contribution in [0.5, 0.6) is 5.75 Å². The number of nitrogens with zero attached hydrogens (tertiary/aromatic N) is 1. The van der Waals surface area contributed by atoms with Gasteiger partial charge in [-0.25, -0.2) is 4.39 Å². The van der Waals surface area contributed by atoms with Gasteiger partial charge in [-0.15, -0.1) is 12.4 Å². The van der Waals surface area contributed by atoms with Crippen molar-refractivity contribution >= 4 is 24.0 Å². The van der Waals surface area contributed by atoms with Crippen LogP contribution in [0.1, 0.15) is 13.3 Å². The second-order valence-corrected chi connectivity index (χ2v) is 5.45. The number of anilines is 1. The van der Waals surface area contributed by atoms with Crippen molar-refractivity contribution in [3.05, 3.63) is 24.0 Å². The van der Waals surface area contributed by atoms with Gasteiger partial charge in [-0.05, 0) is 19.1 Å². The second kappa shape index (κ2) is 7.26. The zero-order valence-corrected chi connectivity index (χ0v) is 13.2. The average Bonchev–Trinajstić information content (AvgIpc) is 2.47. The number of carbonyl (C=O) groups excluding carboxylic acids is 1. The van der Waals surface area contributed by atoms with Crippen molar-refractivity contribution in [1.82, 2.24) is 5.32 Å². The maximum absolute atomic E-state index is 13.3. The molecule has 2 unspecified atom stereocenters. The van der Waals surface area contributed by atoms with Crippen LogP contribution < -0.4 is 15.0 Å². The molecule has 0 aromatic heterocycles. The first kappa shape index (κ1) is 17.0. The first-order chi connectivity index (χ1) is 10.1. The summed E-state index contributed by atoms with van der Waals surface area (Å²) in [4.78, 5) is 14.2. The standard InChI is InChI=1S/C15H19FN2O3.ClH/c1-10-9-18(13-3-2-11(16)6-14(13)21-10)15(19)7-12-8-17-4-5-20-12;/h2-3,6,10,12,17H,4-5,7-9H2,1H3;1H. The van der Waals surface area contributed by atoms with Crippen LogP contribution in [0.3, 0.4) is 0 Å². The van der Waals surface area contributed by atoms with Gasteiger partial charge in [0.05, 0.1) is 31.4 Å². The van der Waals surface area contributed by atoms with Gasteiger partial charge in [0.1, 0.15) is 17.7 Å². The molecule has 7 heteroatoms. The van der Waals surface area contributed by atoms with Gasteiger partial charge in [-0.2, -0.15) is 0 Å². The highest BCUT2D eigenvalue weighted by atomic mass is 35.5. The number of morpholine rings is 1. The Morgan fingerprint density at radius 1 is 1.50 bits per heavy atom. The Labute approximate surface area is 135 Å². The molecule has 2 atom stereocenters. The highest BCUT2D eigenvalue weighted by Crippen LogP contribution is 2.34. The molecule has 3 rings (SSSR count). The fourth-order valence-corrected chi connectivity index (χ4v) is 2.71. The summed E-state index contributed by atoms with van der Waals surface area (Å²) in [5, 5.41) is 3.21. The summed E-state index contributed by atoms with van der Waals surface area (Å²) in [7, 11) is 0. The lowest BCUT2D eigenvalue weighted by atomic mass is 10.1. The van der Waals surface area contributed by atoms with E-state index in [2.05, 4.69) is 5.32 Å². The van der Waals surface area contributed by atoms with Gasteiger partial charge in [-0.3, -0.25) is 4.79 Å². The van der Waals surface area contributed by atoms with E-state index in [0.717, 1.165) is 6.54 Å². The third-order valence-corrected chi connectivity index (χ3v) is 3.69. The molecular weight excluding hydrogens is 311 g/mol. The summed E-state index contributed by atoms with van der Waals surface area (Å²) < 4.78 is 24.5. The van der Waals surface area contributed by atoms with E-state index >= 15 is 0 Å². The van der Waals surface area contributed by atoms with Crippen LogP contribution in [-0.2, 0) is 9.53 Å². The number of fused-ring (bicyclic) bond motifs is 1. The first-order valence-corrected chi connectivity index (χ1v) is 7.22. The lowest BCUT2D eigenvalue weighted by Crippen LogP contribution is -2.46. The van der Waals surface area contributed by atoms with Gasteiger partial charge >= 0.3 is 0 Å². The van der Waals surface area contributed by atoms with E-state index in [4.69, 9.17) is 9.47 Å². The first-order valence-electron chi connectivity index (χ1n) is 7.22. The summed E-state index contributed by atoms with van der Waals surface area (Å²) in [6, 6.07) is 4.26. The second-order valence-electron chi connectivity index (χ2n) is 5.45. The number of hydrogen-bond acceptors (Lipinski definition) is 4. The summed E-state index contributed by atoms with van der Waals surface area (Å²) in [6.07, 6.45) is 0.0539. The molecule has 0 radical (unpaired) electrons. The molecule has 2 heterocycles. The smallest absolute Gasteiger partial charge is 0.229 e. The molecule has 5 nitrogen and oxygen atoms in total. The predicted molar refractivity (Wildman–Crippen MR) is 83.3 cm³/mol. The van der Waals surface area contributed by atoms with Gasteiger partial charge in [-0.1, -0.05) is 0 Å². The molecule has 22 heavy (non-hydrogen) atoms. The van der Waals surface area contributed by atoms with Gasteiger partial charge in [0.25, 0.3) is 0 Å². The largest absolute Gasteiger partial charge is 0.487 e. The summed E-state index contributed by atoms with van der Waals surface area (Å²) in [6.45, 7) is 4.47. The number of carbonyl (C=O) groups is 1. The topological polar surface area (TPSA) is 50.8 Å². The zero-order valence-electron chi connectivity index (χ0n) is 12.4. The highest BCUT2D eigenvalue weighted by molar-refractivity contribution is 5.95. The molecule has 122 valence electrons. The molecule has 2 aliphatic heterocycles. The minimum Gasteiger partial charge on any atom is -0.487 e. The van der Waals surface area contributed by atoms with Crippen molar-refractivity contribution in [3.8, 4) is 5.75 Å². The molecule has 1 saturated heterocycles. The molecule has 0 aliphatic carbocycles. The Hall–Kier alpha value is -1.37. The maximum atomic E-state index is 13.3. The van der Waals surface area contributed by atoms with E-state index in [0.29, 0.717) is 37.6 Å². The molecule has 1 aromatic rings. The summed E-state index contributed by atoms with van der Waals surface area (Å²) >= 11 is 0. The maximum Gasteiger partial charge on any atom is 0.229 e. The Kier molecular flexibility index (Phi) is 5.61. The van der Waals surface area contributed by atoms with Gasteiger partial charge in [0.2, 0.25) is 5.91 Å². The molecule has 1 N–H and O–H groups in total. The van der Waals surface area contributed by atoms with Crippen molar-refractivity contribution in [2.24, 2.45) is 0 Å². The van der Waals surface area contributed by atoms with Crippen molar-refractivity contribution in [2.45, 2.75) is 25.6 Å². The SMILES string of the molecule is CC1CN(C(=O)CC2CNCCO2)c2ccc(F)cc2O1.Cl. The van der Waals surface area contributed by atoms with E-state index in [1.54, 1.807) is 11.0 Å². The molecule has 1 aromatic carbocycles. The molecular formula is C15H20ClFN2O3. The van der Waals surface area contributed by atoms with E-state index in [1.807, 2.05) is 6.92 Å². The molecule has 2 aliphatic rings. The summed E-state index contributed by atoms with van der Waals surface area (Å²) in [5.74, 6) is 0.0339. The van der Waals surface area contributed by atoms with Crippen LogP contribution in [-0.4, -0.2) is 44.4 Å². The van der Waals surface area contributed by atoms with Crippen LogP contribution in [0, 0.1) is 5.82 Å². The Morgan fingerprint density at radius 2 is 2.32 bits per heavy atom. The van der Waals surface area contributed by atoms with Gasteiger partial charge in [0, 0.05) is 19.2 Å². The highest BCUT2D eigenvalue weighted by Gasteiger charge is 2.29. The fourth-order valence-electron chi connectivity index (χ4n) is 2.71. The van der Waals surface area contributed by atoms with Crippen LogP contribution >= 0.6 is 12.4 Å². The van der Waals surface area contributed by atoms with Crippen LogP contribution in [0.4, 0.5) is 10.1 Å². The van der Waals surface area contributed by atoms with E-state index in [-0.39, 0.29) is 36.3 Å². The molecule has 1 fully saturated rings. The lowest BCUT2D eigenvalue weighted by Gasteiger charge is -2.34. The number of hydrogen-bond donors (Lipinski definition) is 1. The van der Waals surface area contributed by atoms with Gasteiger partial charge < -0.3 is 19.7 Å². The van der Waals surface area contributed by atoms with Crippen LogP contribution in [0.2, 0.25) is 0 Å². The monoisotopic (exact) mass is 330 g/mol. The minimum absolute atomic E-state index is 0. The lowest BCUT2D eigenvalue weighted by molar-refractivity contribution is -0.122. The number of ether oxygens (including phenoxy) is 2. The minimum atomic E-state index is -0.366. The van der Waals surface area contributed by atoms with E-state index < -0.39 is 0 Å². The predicted octanol–water partition coefficient (Wildman–Crippen LogP) is 1.74. The Bertz CT molecular complexity index is 538. The average molecular weight is 331 g/mol. The Morgan fingerprint density at radius 3 is 3.05 bits per heavy atom. The van der Waals surface area contributed by atoms with Crippen molar-refractivity contribution in [3.63, 3.8) is 0 Å². The third kappa shape index (κ3) is 3.69. The quantitative estimate of drug-likeness (QED) is 0.897. The number of benzene rings is 1. The normalized spacial score (nSPS) is 24.0. The van der Waals surface area contributed by atoms with Crippen molar-refractivity contribution in [2.75, 3.05) is 31.1 Å². The van der Waals surface area contributed by atoms with E-state index in [9.17, 15) is 9.18 Å². The zero-order chi connectivity index (χ0) is 14.8. The Balaban J connectivity index is 0.00000176. The summed E-state index contributed by atoms with van der Waals surface area (Å²) in [5.41, 5.74) is 0.628. The van der Waals surface area contributed by atoms with Crippen molar-refractivity contribution in [1.29, 1.82) is 0 Å². The number of nitrogens with one attached hydrogen (secondary N) is 1. The van der Waals surface area contributed by atoms with Crippen molar-refractivity contribution < 1.29 is 18.7 Å². The molecule has 1 amide bonds. The van der Waals surface area contributed by atoms with E-state index in [1.165, 1.54) is 12.1 Å². The molecule has 0 saturated carbocycles. The number of rotatable bonds is 2.